The fraction of sp³-hybridized carbons (Fsp3) is 0.409. The first-order valence-electron chi connectivity index (χ1n) is 9.63. The standard InChI is InChI=1S/C22H27N3O.2ClH/c26-21(24-11-10-18-6-2-1-3-7-18)22(25-14-12-23-13-15-25)16-19-8-4-5-9-20(19)17-22;;/h1-9,23H,10-17H2,(H,24,26);2*1H. The molecule has 6 heteroatoms. The number of piperazine rings is 1. The first-order chi connectivity index (χ1) is 12.8. The van der Waals surface area contributed by atoms with Crippen molar-refractivity contribution in [2.24, 2.45) is 0 Å². The zero-order valence-electron chi connectivity index (χ0n) is 16.0. The summed E-state index contributed by atoms with van der Waals surface area (Å²) in [6, 6.07) is 18.9. The molecule has 2 aliphatic rings. The number of carbonyl (C=O) groups is 1. The highest BCUT2D eigenvalue weighted by Crippen LogP contribution is 2.35. The highest BCUT2D eigenvalue weighted by atomic mass is 35.5. The van der Waals surface area contributed by atoms with E-state index in [-0.39, 0.29) is 30.7 Å². The predicted octanol–water partition coefficient (Wildman–Crippen LogP) is 2.63. The lowest BCUT2D eigenvalue weighted by molar-refractivity contribution is -0.133. The Balaban J connectivity index is 0.00000140. The van der Waals surface area contributed by atoms with E-state index >= 15 is 0 Å². The molecule has 2 aromatic rings. The van der Waals surface area contributed by atoms with Crippen LogP contribution >= 0.6 is 24.8 Å². The van der Waals surface area contributed by atoms with Gasteiger partial charge in [0.25, 0.3) is 0 Å². The first-order valence-corrected chi connectivity index (χ1v) is 9.63. The molecule has 1 heterocycles. The van der Waals surface area contributed by atoms with Crippen LogP contribution in [0.5, 0.6) is 0 Å². The molecule has 0 radical (unpaired) electrons. The maximum absolute atomic E-state index is 13.4. The molecule has 1 amide bonds. The summed E-state index contributed by atoms with van der Waals surface area (Å²) in [5.74, 6) is 0.187. The van der Waals surface area contributed by atoms with Crippen LogP contribution in [0.2, 0.25) is 0 Å². The van der Waals surface area contributed by atoms with Crippen molar-refractivity contribution in [2.45, 2.75) is 24.8 Å². The van der Waals surface area contributed by atoms with Crippen molar-refractivity contribution >= 4 is 30.7 Å². The van der Waals surface area contributed by atoms with E-state index in [0.717, 1.165) is 45.4 Å². The van der Waals surface area contributed by atoms with E-state index in [1.807, 2.05) is 18.2 Å². The summed E-state index contributed by atoms with van der Waals surface area (Å²) in [4.78, 5) is 15.8. The molecule has 4 nitrogen and oxygen atoms in total. The van der Waals surface area contributed by atoms with Crippen molar-refractivity contribution in [3.05, 3.63) is 71.3 Å². The molecule has 0 spiro atoms. The van der Waals surface area contributed by atoms with Crippen LogP contribution < -0.4 is 10.6 Å². The van der Waals surface area contributed by atoms with Crippen molar-refractivity contribution < 1.29 is 4.79 Å². The van der Waals surface area contributed by atoms with E-state index in [9.17, 15) is 4.79 Å². The molecular weight excluding hydrogens is 393 g/mol. The molecular formula is C22H29Cl2N3O. The topological polar surface area (TPSA) is 44.4 Å². The second-order valence-corrected chi connectivity index (χ2v) is 7.38. The predicted molar refractivity (Wildman–Crippen MR) is 119 cm³/mol. The van der Waals surface area contributed by atoms with Crippen LogP contribution in [0.15, 0.2) is 54.6 Å². The van der Waals surface area contributed by atoms with Crippen LogP contribution in [0, 0.1) is 0 Å². The lowest BCUT2D eigenvalue weighted by Gasteiger charge is -2.42. The number of hydrogen-bond donors (Lipinski definition) is 2. The monoisotopic (exact) mass is 421 g/mol. The van der Waals surface area contributed by atoms with Gasteiger partial charge in [0.05, 0.1) is 0 Å². The van der Waals surface area contributed by atoms with Gasteiger partial charge in [-0.25, -0.2) is 0 Å². The van der Waals surface area contributed by atoms with Gasteiger partial charge in [0, 0.05) is 45.6 Å². The van der Waals surface area contributed by atoms with Crippen LogP contribution in [0.4, 0.5) is 0 Å². The molecule has 0 atom stereocenters. The van der Waals surface area contributed by atoms with E-state index in [4.69, 9.17) is 0 Å². The third-order valence-electron chi connectivity index (χ3n) is 5.77. The smallest absolute Gasteiger partial charge is 0.241 e. The molecule has 1 aliphatic heterocycles. The highest BCUT2D eigenvalue weighted by molar-refractivity contribution is 5.88. The van der Waals surface area contributed by atoms with Crippen molar-refractivity contribution in [3.8, 4) is 0 Å². The summed E-state index contributed by atoms with van der Waals surface area (Å²) >= 11 is 0. The largest absolute Gasteiger partial charge is 0.354 e. The van der Waals surface area contributed by atoms with Gasteiger partial charge in [-0.3, -0.25) is 9.69 Å². The number of nitrogens with one attached hydrogen (secondary N) is 2. The Labute approximate surface area is 179 Å². The molecule has 1 saturated heterocycles. The summed E-state index contributed by atoms with van der Waals surface area (Å²) in [5, 5.41) is 6.65. The SMILES string of the molecule is Cl.Cl.O=C(NCCc1ccccc1)C1(N2CCNCC2)Cc2ccccc2C1. The number of rotatable bonds is 5. The zero-order valence-corrected chi connectivity index (χ0v) is 17.7. The van der Waals surface area contributed by atoms with Crippen LogP contribution in [0.3, 0.4) is 0 Å². The Hall–Kier alpha value is -1.59. The Morgan fingerprint density at radius 1 is 0.929 bits per heavy atom. The number of amides is 1. The summed E-state index contributed by atoms with van der Waals surface area (Å²) in [7, 11) is 0. The lowest BCUT2D eigenvalue weighted by Crippen LogP contribution is -2.64. The molecule has 152 valence electrons. The summed E-state index contributed by atoms with van der Waals surface area (Å²) < 4.78 is 0. The van der Waals surface area contributed by atoms with Gasteiger partial charge in [-0.15, -0.1) is 24.8 Å². The minimum atomic E-state index is -0.428. The van der Waals surface area contributed by atoms with Gasteiger partial charge >= 0.3 is 0 Å². The van der Waals surface area contributed by atoms with Crippen LogP contribution in [0.25, 0.3) is 0 Å². The van der Waals surface area contributed by atoms with Gasteiger partial charge in [0.2, 0.25) is 5.91 Å². The molecule has 1 aliphatic carbocycles. The van der Waals surface area contributed by atoms with Crippen molar-refractivity contribution in [3.63, 3.8) is 0 Å². The second kappa shape index (κ2) is 10.3. The van der Waals surface area contributed by atoms with E-state index in [1.54, 1.807) is 0 Å². The fourth-order valence-electron chi connectivity index (χ4n) is 4.35. The second-order valence-electron chi connectivity index (χ2n) is 7.38. The van der Waals surface area contributed by atoms with Gasteiger partial charge in [-0.1, -0.05) is 54.6 Å². The van der Waals surface area contributed by atoms with Gasteiger partial charge in [0.15, 0.2) is 0 Å². The Morgan fingerprint density at radius 2 is 1.50 bits per heavy atom. The minimum absolute atomic E-state index is 0. The van der Waals surface area contributed by atoms with E-state index in [0.29, 0.717) is 6.54 Å². The fourth-order valence-corrected chi connectivity index (χ4v) is 4.35. The van der Waals surface area contributed by atoms with Crippen molar-refractivity contribution in [2.75, 3.05) is 32.7 Å². The first kappa shape index (κ1) is 22.7. The molecule has 0 aromatic heterocycles. The van der Waals surface area contributed by atoms with E-state index < -0.39 is 5.54 Å². The van der Waals surface area contributed by atoms with Gasteiger partial charge in [-0.05, 0) is 23.1 Å². The van der Waals surface area contributed by atoms with Crippen molar-refractivity contribution in [1.29, 1.82) is 0 Å². The number of hydrogen-bond acceptors (Lipinski definition) is 3. The Kier molecular flexibility index (Phi) is 8.32. The minimum Gasteiger partial charge on any atom is -0.354 e. The van der Waals surface area contributed by atoms with Crippen molar-refractivity contribution in [1.82, 2.24) is 15.5 Å². The van der Waals surface area contributed by atoms with Crippen LogP contribution in [-0.2, 0) is 24.1 Å². The quantitative estimate of drug-likeness (QED) is 0.779. The van der Waals surface area contributed by atoms with E-state index in [1.165, 1.54) is 16.7 Å². The average Bonchev–Trinajstić information content (AvgIpc) is 3.10. The molecule has 1 fully saturated rings. The van der Waals surface area contributed by atoms with Crippen LogP contribution in [-0.4, -0.2) is 49.1 Å². The third-order valence-corrected chi connectivity index (χ3v) is 5.77. The molecule has 0 bridgehead atoms. The normalized spacial score (nSPS) is 17.7. The summed E-state index contributed by atoms with van der Waals surface area (Å²) in [5.41, 5.74) is 3.48. The molecule has 4 rings (SSSR count). The molecule has 0 saturated carbocycles. The highest BCUT2D eigenvalue weighted by Gasteiger charge is 2.48. The summed E-state index contributed by atoms with van der Waals surface area (Å²) in [6.07, 6.45) is 2.51. The average molecular weight is 422 g/mol. The lowest BCUT2D eigenvalue weighted by atomic mass is 9.91. The Bertz CT molecular complexity index is 738. The number of carbonyl (C=O) groups excluding carboxylic acids is 1. The Morgan fingerprint density at radius 3 is 2.11 bits per heavy atom. The third kappa shape index (κ3) is 4.69. The summed E-state index contributed by atoms with van der Waals surface area (Å²) in [6.45, 7) is 4.46. The molecule has 28 heavy (non-hydrogen) atoms. The van der Waals surface area contributed by atoms with Gasteiger partial charge in [-0.2, -0.15) is 0 Å². The zero-order chi connectivity index (χ0) is 17.8. The number of fused-ring (bicyclic) bond motifs is 1. The molecule has 2 N–H and O–H groups in total. The maximum atomic E-state index is 13.4. The van der Waals surface area contributed by atoms with Crippen LogP contribution in [0.1, 0.15) is 16.7 Å². The number of halogens is 2. The molecule has 0 unspecified atom stereocenters. The maximum Gasteiger partial charge on any atom is 0.241 e. The van der Waals surface area contributed by atoms with E-state index in [2.05, 4.69) is 51.9 Å². The number of nitrogens with zero attached hydrogens (tertiary/aromatic N) is 1. The molecule has 2 aromatic carbocycles. The van der Waals surface area contributed by atoms with Gasteiger partial charge < -0.3 is 10.6 Å². The van der Waals surface area contributed by atoms with Gasteiger partial charge in [0.1, 0.15) is 5.54 Å². The number of benzene rings is 2.